The van der Waals surface area contributed by atoms with Gasteiger partial charge in [-0.3, -0.25) is 4.79 Å². The van der Waals surface area contributed by atoms with Crippen LogP contribution in [0.1, 0.15) is 27.2 Å². The molecule has 6 nitrogen and oxygen atoms in total. The Labute approximate surface area is 137 Å². The van der Waals surface area contributed by atoms with E-state index in [1.807, 2.05) is 0 Å². The molecular weight excluding hydrogens is 317 g/mol. The lowest BCUT2D eigenvalue weighted by molar-refractivity contribution is -0.117. The summed E-state index contributed by atoms with van der Waals surface area (Å²) in [6.07, 6.45) is 1.24. The lowest BCUT2D eigenvalue weighted by Gasteiger charge is -2.11. The van der Waals surface area contributed by atoms with Crippen LogP contribution in [0.25, 0.3) is 0 Å². The molecule has 1 aromatic carbocycles. The summed E-state index contributed by atoms with van der Waals surface area (Å²) >= 11 is 0. The molecule has 0 radical (unpaired) electrons. The van der Waals surface area contributed by atoms with Gasteiger partial charge in [0, 0.05) is 24.6 Å². The van der Waals surface area contributed by atoms with Crippen LogP contribution in [0.5, 0.6) is 5.75 Å². The van der Waals surface area contributed by atoms with Crippen LogP contribution >= 0.6 is 0 Å². The molecular formula is C17H16FNO5. The smallest absolute Gasteiger partial charge is 0.360 e. The normalized spacial score (nSPS) is 10.5. The fourth-order valence-electron chi connectivity index (χ4n) is 2.26. The summed E-state index contributed by atoms with van der Waals surface area (Å²) in [5.74, 6) is -1.94. The number of pyridine rings is 1. The van der Waals surface area contributed by atoms with Gasteiger partial charge < -0.3 is 14.9 Å². The van der Waals surface area contributed by atoms with Crippen molar-refractivity contribution < 1.29 is 28.9 Å². The van der Waals surface area contributed by atoms with Gasteiger partial charge >= 0.3 is 5.97 Å². The minimum Gasteiger partial charge on any atom is -0.505 e. The first-order valence-electron chi connectivity index (χ1n) is 7.11. The molecule has 0 amide bonds. The van der Waals surface area contributed by atoms with Crippen molar-refractivity contribution in [3.63, 3.8) is 0 Å². The zero-order valence-electron chi connectivity index (χ0n) is 13.0. The average Bonchev–Trinajstić information content (AvgIpc) is 2.56. The fraction of sp³-hybridized carbons (Fsp3) is 0.235. The number of esters is 1. The highest BCUT2D eigenvalue weighted by Crippen LogP contribution is 2.25. The van der Waals surface area contributed by atoms with E-state index in [9.17, 15) is 24.2 Å². The second-order valence-electron chi connectivity index (χ2n) is 5.13. The number of ketones is 1. The van der Waals surface area contributed by atoms with Gasteiger partial charge in [0.05, 0.1) is 13.7 Å². The summed E-state index contributed by atoms with van der Waals surface area (Å²) < 4.78 is 17.3. The Hall–Kier alpha value is -2.80. The van der Waals surface area contributed by atoms with E-state index in [0.717, 1.165) is 7.11 Å². The van der Waals surface area contributed by atoms with Gasteiger partial charge in [-0.2, -0.15) is 0 Å². The number of aliphatic hydroxyl groups is 1. The number of hydrogen-bond donors (Lipinski definition) is 2. The highest BCUT2D eigenvalue weighted by molar-refractivity contribution is 5.91. The number of benzene rings is 1. The van der Waals surface area contributed by atoms with Crippen molar-refractivity contribution in [2.45, 2.75) is 19.4 Å². The average molecular weight is 333 g/mol. The molecule has 0 fully saturated rings. The van der Waals surface area contributed by atoms with Gasteiger partial charge in [0.25, 0.3) is 0 Å². The number of aliphatic hydroxyl groups excluding tert-OH is 1. The molecule has 2 rings (SSSR count). The van der Waals surface area contributed by atoms with Gasteiger partial charge in [-0.1, -0.05) is 12.1 Å². The maximum atomic E-state index is 12.9. The van der Waals surface area contributed by atoms with Crippen LogP contribution in [0.15, 0.2) is 30.5 Å². The van der Waals surface area contributed by atoms with E-state index in [-0.39, 0.29) is 35.7 Å². The summed E-state index contributed by atoms with van der Waals surface area (Å²) in [7, 11) is 1.14. The van der Waals surface area contributed by atoms with E-state index in [2.05, 4.69) is 9.72 Å². The molecule has 0 atom stereocenters. The second-order valence-corrected chi connectivity index (χ2v) is 5.13. The zero-order valence-corrected chi connectivity index (χ0v) is 13.0. The molecule has 0 aliphatic heterocycles. The van der Waals surface area contributed by atoms with Crippen LogP contribution in [0, 0.1) is 5.82 Å². The SMILES string of the molecule is COC(=O)c1ncc(CC(=O)Cc2ccc(F)cc2)c(CO)c1O. The first kappa shape index (κ1) is 17.6. The van der Waals surface area contributed by atoms with E-state index >= 15 is 0 Å². The zero-order chi connectivity index (χ0) is 17.7. The van der Waals surface area contributed by atoms with E-state index in [1.165, 1.54) is 30.5 Å². The molecule has 0 aliphatic rings. The number of aromatic nitrogens is 1. The van der Waals surface area contributed by atoms with Gasteiger partial charge in [0.1, 0.15) is 11.6 Å². The van der Waals surface area contributed by atoms with Crippen LogP contribution in [-0.2, 0) is 29.0 Å². The number of rotatable bonds is 6. The molecule has 24 heavy (non-hydrogen) atoms. The predicted molar refractivity (Wildman–Crippen MR) is 82.0 cm³/mol. The Morgan fingerprint density at radius 1 is 1.21 bits per heavy atom. The van der Waals surface area contributed by atoms with E-state index < -0.39 is 18.3 Å². The molecule has 0 saturated carbocycles. The van der Waals surface area contributed by atoms with Crippen molar-refractivity contribution >= 4 is 11.8 Å². The first-order chi connectivity index (χ1) is 11.5. The Morgan fingerprint density at radius 3 is 2.46 bits per heavy atom. The Bertz CT molecular complexity index is 758. The van der Waals surface area contributed by atoms with E-state index in [0.29, 0.717) is 11.1 Å². The highest BCUT2D eigenvalue weighted by atomic mass is 19.1. The number of ether oxygens (including phenoxy) is 1. The summed E-state index contributed by atoms with van der Waals surface area (Å²) in [5.41, 5.74) is 0.694. The molecule has 2 N–H and O–H groups in total. The molecule has 0 saturated heterocycles. The number of aromatic hydroxyl groups is 1. The third-order valence-corrected chi connectivity index (χ3v) is 3.49. The minimum atomic E-state index is -0.841. The number of carbonyl (C=O) groups is 2. The second kappa shape index (κ2) is 7.65. The van der Waals surface area contributed by atoms with Crippen molar-refractivity contribution in [1.29, 1.82) is 0 Å². The Morgan fingerprint density at radius 2 is 1.88 bits per heavy atom. The summed E-state index contributed by atoms with van der Waals surface area (Å²) in [6.45, 7) is -0.558. The Balaban J connectivity index is 2.19. The molecule has 0 unspecified atom stereocenters. The van der Waals surface area contributed by atoms with Crippen LogP contribution in [0.3, 0.4) is 0 Å². The fourth-order valence-corrected chi connectivity index (χ4v) is 2.26. The molecule has 1 heterocycles. The lowest BCUT2D eigenvalue weighted by atomic mass is 9.99. The largest absolute Gasteiger partial charge is 0.505 e. The minimum absolute atomic E-state index is 0.0536. The van der Waals surface area contributed by atoms with Crippen LogP contribution < -0.4 is 0 Å². The molecule has 0 spiro atoms. The highest BCUT2D eigenvalue weighted by Gasteiger charge is 2.20. The first-order valence-corrected chi connectivity index (χ1v) is 7.11. The van der Waals surface area contributed by atoms with Gasteiger partial charge in [0.15, 0.2) is 11.4 Å². The van der Waals surface area contributed by atoms with Crippen LogP contribution in [-0.4, -0.2) is 34.1 Å². The van der Waals surface area contributed by atoms with Gasteiger partial charge in [-0.25, -0.2) is 14.2 Å². The molecule has 0 aliphatic carbocycles. The van der Waals surface area contributed by atoms with Crippen LogP contribution in [0.4, 0.5) is 4.39 Å². The van der Waals surface area contributed by atoms with E-state index in [1.54, 1.807) is 0 Å². The van der Waals surface area contributed by atoms with E-state index in [4.69, 9.17) is 0 Å². The van der Waals surface area contributed by atoms with Crippen molar-refractivity contribution in [2.24, 2.45) is 0 Å². The molecule has 0 bridgehead atoms. The number of nitrogens with zero attached hydrogens (tertiary/aromatic N) is 1. The molecule has 1 aromatic heterocycles. The maximum Gasteiger partial charge on any atom is 0.360 e. The van der Waals surface area contributed by atoms with Crippen molar-refractivity contribution in [3.05, 3.63) is 58.7 Å². The van der Waals surface area contributed by atoms with Crippen molar-refractivity contribution in [2.75, 3.05) is 7.11 Å². The number of carbonyl (C=O) groups excluding carboxylic acids is 2. The summed E-state index contributed by atoms with van der Waals surface area (Å²) in [5, 5.41) is 19.4. The maximum absolute atomic E-state index is 12.9. The monoisotopic (exact) mass is 333 g/mol. The quantitative estimate of drug-likeness (QED) is 0.779. The summed E-state index contributed by atoms with van der Waals surface area (Å²) in [4.78, 5) is 27.4. The Kier molecular flexibility index (Phi) is 5.59. The van der Waals surface area contributed by atoms with Gasteiger partial charge in [0.2, 0.25) is 0 Å². The topological polar surface area (TPSA) is 96.7 Å². The standard InChI is InChI=1S/C17H16FNO5/c1-24-17(23)15-16(22)14(9-20)11(8-19-15)7-13(21)6-10-2-4-12(18)5-3-10/h2-5,8,20,22H,6-7,9H2,1H3. The molecule has 7 heteroatoms. The van der Waals surface area contributed by atoms with Crippen molar-refractivity contribution in [1.82, 2.24) is 4.98 Å². The van der Waals surface area contributed by atoms with Gasteiger partial charge in [-0.05, 0) is 23.3 Å². The number of methoxy groups -OCH3 is 1. The lowest BCUT2D eigenvalue weighted by Crippen LogP contribution is -2.12. The van der Waals surface area contributed by atoms with Gasteiger partial charge in [-0.15, -0.1) is 0 Å². The summed E-state index contributed by atoms with van der Waals surface area (Å²) in [6, 6.07) is 5.55. The number of hydrogen-bond acceptors (Lipinski definition) is 6. The van der Waals surface area contributed by atoms with Crippen LogP contribution in [0.2, 0.25) is 0 Å². The van der Waals surface area contributed by atoms with Crippen molar-refractivity contribution in [3.8, 4) is 5.75 Å². The number of Topliss-reactive ketones (excluding diaryl/α,β-unsaturated/α-hetero) is 1. The molecule has 2 aromatic rings. The number of halogens is 1. The third-order valence-electron chi connectivity index (χ3n) is 3.49. The predicted octanol–water partition coefficient (Wildman–Crippen LogP) is 1.56. The molecule has 126 valence electrons. The third kappa shape index (κ3) is 3.94.